The van der Waals surface area contributed by atoms with Crippen LogP contribution >= 0.6 is 0 Å². The van der Waals surface area contributed by atoms with Crippen LogP contribution in [-0.2, 0) is 10.3 Å². The highest BCUT2D eigenvalue weighted by Crippen LogP contribution is 2.54. The molecule has 1 N–H and O–H groups in total. The van der Waals surface area contributed by atoms with E-state index in [1.54, 1.807) is 20.0 Å². The zero-order valence-electron chi connectivity index (χ0n) is 16.8. The summed E-state index contributed by atoms with van der Waals surface area (Å²) >= 11 is 0. The molecule has 2 unspecified atom stereocenters. The normalized spacial score (nSPS) is 24.1. The number of carbonyl (C=O) groups excluding carboxylic acids is 1. The predicted molar refractivity (Wildman–Crippen MR) is 109 cm³/mol. The molecule has 0 aliphatic carbocycles. The lowest BCUT2D eigenvalue weighted by Crippen LogP contribution is -2.50. The standard InChI is InChI=1S/C23H24N2O3/c1-12(2)16-11-19-18(10-13(16)3)23(20(14(4)24)21(25-5)27-19)17-9-7-6-8-15(17)22(26)28-23/h6-12,20,24H,1-5H3. The van der Waals surface area contributed by atoms with E-state index < -0.39 is 11.5 Å². The largest absolute Gasteiger partial charge is 0.444 e. The highest BCUT2D eigenvalue weighted by molar-refractivity contribution is 6.08. The molecule has 5 heteroatoms. The maximum absolute atomic E-state index is 12.8. The molecule has 2 aliphatic heterocycles. The van der Waals surface area contributed by atoms with Gasteiger partial charge in [-0.05, 0) is 49.1 Å². The van der Waals surface area contributed by atoms with Gasteiger partial charge in [0.25, 0.3) is 0 Å². The number of fused-ring (bicyclic) bond motifs is 4. The first-order valence-corrected chi connectivity index (χ1v) is 9.48. The summed E-state index contributed by atoms with van der Waals surface area (Å²) in [6.45, 7) is 8.03. The lowest BCUT2D eigenvalue weighted by Gasteiger charge is -2.42. The molecule has 0 fully saturated rings. The van der Waals surface area contributed by atoms with Crippen LogP contribution in [0.25, 0.3) is 0 Å². The van der Waals surface area contributed by atoms with Gasteiger partial charge in [0.05, 0.1) is 5.56 Å². The van der Waals surface area contributed by atoms with Gasteiger partial charge in [-0.3, -0.25) is 4.99 Å². The van der Waals surface area contributed by atoms with E-state index in [2.05, 4.69) is 25.8 Å². The fourth-order valence-corrected chi connectivity index (χ4v) is 4.52. The van der Waals surface area contributed by atoms with Crippen molar-refractivity contribution >= 4 is 17.6 Å². The van der Waals surface area contributed by atoms with Crippen molar-refractivity contribution in [2.75, 3.05) is 7.05 Å². The molecule has 2 atom stereocenters. The molecule has 0 radical (unpaired) electrons. The van der Waals surface area contributed by atoms with Gasteiger partial charge in [-0.1, -0.05) is 32.0 Å². The zero-order valence-corrected chi connectivity index (χ0v) is 16.8. The van der Waals surface area contributed by atoms with Crippen molar-refractivity contribution in [1.29, 1.82) is 5.41 Å². The lowest BCUT2D eigenvalue weighted by atomic mass is 9.71. The van der Waals surface area contributed by atoms with E-state index in [9.17, 15) is 4.79 Å². The second kappa shape index (κ2) is 6.30. The predicted octanol–water partition coefficient (Wildman–Crippen LogP) is 4.61. The molecular formula is C23H24N2O3. The molecule has 0 aromatic heterocycles. The number of nitrogens with one attached hydrogen (secondary N) is 1. The Morgan fingerprint density at radius 2 is 1.93 bits per heavy atom. The van der Waals surface area contributed by atoms with Crippen LogP contribution in [0.5, 0.6) is 5.75 Å². The summed E-state index contributed by atoms with van der Waals surface area (Å²) in [6, 6.07) is 11.5. The van der Waals surface area contributed by atoms with E-state index in [1.165, 1.54) is 5.56 Å². The van der Waals surface area contributed by atoms with Crippen molar-refractivity contribution in [3.05, 3.63) is 64.2 Å². The number of hydrogen-bond donors (Lipinski definition) is 1. The summed E-state index contributed by atoms with van der Waals surface area (Å²) in [7, 11) is 1.64. The number of ether oxygens (including phenoxy) is 2. The molecule has 2 aliphatic rings. The van der Waals surface area contributed by atoms with Gasteiger partial charge in [-0.25, -0.2) is 4.79 Å². The molecule has 0 bridgehead atoms. The topological polar surface area (TPSA) is 71.7 Å². The van der Waals surface area contributed by atoms with Gasteiger partial charge in [0, 0.05) is 23.9 Å². The monoisotopic (exact) mass is 376 g/mol. The van der Waals surface area contributed by atoms with E-state index in [1.807, 2.05) is 30.3 Å². The summed E-state index contributed by atoms with van der Waals surface area (Å²) in [5.41, 5.74) is 3.55. The van der Waals surface area contributed by atoms with Gasteiger partial charge in [-0.2, -0.15) is 0 Å². The number of benzene rings is 2. The van der Waals surface area contributed by atoms with E-state index in [4.69, 9.17) is 14.9 Å². The first kappa shape index (κ1) is 18.4. The van der Waals surface area contributed by atoms with Crippen LogP contribution in [0.3, 0.4) is 0 Å². The van der Waals surface area contributed by atoms with E-state index >= 15 is 0 Å². The van der Waals surface area contributed by atoms with Crippen LogP contribution in [0.15, 0.2) is 41.4 Å². The first-order valence-electron chi connectivity index (χ1n) is 9.48. The van der Waals surface area contributed by atoms with Gasteiger partial charge >= 0.3 is 5.97 Å². The number of nitrogens with zero attached hydrogens (tertiary/aromatic N) is 1. The van der Waals surface area contributed by atoms with Gasteiger partial charge in [0.2, 0.25) is 5.90 Å². The summed E-state index contributed by atoms with van der Waals surface area (Å²) in [4.78, 5) is 17.1. The number of aryl methyl sites for hydroxylation is 1. The van der Waals surface area contributed by atoms with Crippen LogP contribution < -0.4 is 4.74 Å². The average molecular weight is 376 g/mol. The van der Waals surface area contributed by atoms with Gasteiger partial charge in [-0.15, -0.1) is 0 Å². The Morgan fingerprint density at radius 1 is 1.21 bits per heavy atom. The van der Waals surface area contributed by atoms with Crippen molar-refractivity contribution < 1.29 is 14.3 Å². The molecule has 5 nitrogen and oxygen atoms in total. The Kier molecular flexibility index (Phi) is 4.14. The smallest absolute Gasteiger partial charge is 0.339 e. The maximum atomic E-state index is 12.8. The fourth-order valence-electron chi connectivity index (χ4n) is 4.52. The maximum Gasteiger partial charge on any atom is 0.339 e. The molecule has 28 heavy (non-hydrogen) atoms. The highest BCUT2D eigenvalue weighted by atomic mass is 16.6. The van der Waals surface area contributed by atoms with Crippen LogP contribution in [0.1, 0.15) is 59.3 Å². The van der Waals surface area contributed by atoms with Crippen molar-refractivity contribution in [2.45, 2.75) is 39.2 Å². The van der Waals surface area contributed by atoms with E-state index in [0.717, 1.165) is 16.7 Å². The van der Waals surface area contributed by atoms with Gasteiger partial charge in [0.1, 0.15) is 11.7 Å². The molecule has 144 valence electrons. The van der Waals surface area contributed by atoms with Crippen LogP contribution in [-0.4, -0.2) is 24.6 Å². The van der Waals surface area contributed by atoms with Crippen LogP contribution in [0, 0.1) is 18.3 Å². The average Bonchev–Trinajstić information content (AvgIpc) is 2.94. The Morgan fingerprint density at radius 3 is 2.57 bits per heavy atom. The third kappa shape index (κ3) is 2.35. The summed E-state index contributed by atoms with van der Waals surface area (Å²) < 4.78 is 12.3. The summed E-state index contributed by atoms with van der Waals surface area (Å²) in [5.74, 6) is 0.366. The Labute approximate surface area is 164 Å². The third-order valence-corrected chi connectivity index (χ3v) is 5.71. The number of hydrogen-bond acceptors (Lipinski definition) is 5. The number of carbonyl (C=O) groups is 1. The molecule has 0 saturated heterocycles. The van der Waals surface area contributed by atoms with E-state index in [0.29, 0.717) is 28.8 Å². The van der Waals surface area contributed by atoms with Crippen LogP contribution in [0.4, 0.5) is 0 Å². The fraction of sp³-hybridized carbons (Fsp3) is 0.348. The number of rotatable bonds is 2. The highest BCUT2D eigenvalue weighted by Gasteiger charge is 2.59. The second-order valence-electron chi connectivity index (χ2n) is 7.81. The van der Waals surface area contributed by atoms with Crippen molar-refractivity contribution in [2.24, 2.45) is 10.9 Å². The molecular weight excluding hydrogens is 352 g/mol. The quantitative estimate of drug-likeness (QED) is 0.614. The molecule has 1 spiro atoms. The van der Waals surface area contributed by atoms with Crippen molar-refractivity contribution in [3.8, 4) is 5.75 Å². The molecule has 4 rings (SSSR count). The molecule has 2 aromatic rings. The SMILES string of the molecule is CN=C1Oc2cc(C(C)C)c(C)cc2C2(OC(=O)c3ccccc32)C1C(C)=N. The molecule has 2 heterocycles. The molecule has 0 amide bonds. The van der Waals surface area contributed by atoms with Crippen molar-refractivity contribution in [1.82, 2.24) is 0 Å². The third-order valence-electron chi connectivity index (χ3n) is 5.71. The van der Waals surface area contributed by atoms with Crippen LogP contribution in [0.2, 0.25) is 0 Å². The Balaban J connectivity index is 2.11. The first-order chi connectivity index (χ1) is 13.3. The zero-order chi connectivity index (χ0) is 20.2. The van der Waals surface area contributed by atoms with Gasteiger partial charge < -0.3 is 14.9 Å². The number of esters is 1. The molecule has 2 aromatic carbocycles. The van der Waals surface area contributed by atoms with Crippen molar-refractivity contribution in [3.63, 3.8) is 0 Å². The Bertz CT molecular complexity index is 1040. The summed E-state index contributed by atoms with van der Waals surface area (Å²) in [5, 5.41) is 8.47. The molecule has 0 saturated carbocycles. The number of aliphatic imine (C=N–C) groups is 1. The minimum atomic E-state index is -1.14. The minimum absolute atomic E-state index is 0.326. The second-order valence-corrected chi connectivity index (χ2v) is 7.81. The Hall–Kier alpha value is -2.95. The van der Waals surface area contributed by atoms with Gasteiger partial charge in [0.15, 0.2) is 5.60 Å². The lowest BCUT2D eigenvalue weighted by molar-refractivity contribution is -0.000165. The summed E-state index contributed by atoms with van der Waals surface area (Å²) in [6.07, 6.45) is 0. The van der Waals surface area contributed by atoms with E-state index in [-0.39, 0.29) is 5.97 Å². The minimum Gasteiger partial charge on any atom is -0.444 e.